The fourth-order valence-corrected chi connectivity index (χ4v) is 1.95. The van der Waals surface area contributed by atoms with Gasteiger partial charge in [-0.2, -0.15) is 0 Å². The van der Waals surface area contributed by atoms with Crippen LogP contribution in [-0.2, 0) is 4.79 Å². The minimum Gasteiger partial charge on any atom is -0.493 e. The van der Waals surface area contributed by atoms with E-state index in [1.807, 2.05) is 30.3 Å². The average Bonchev–Trinajstić information content (AvgIpc) is 2.60. The van der Waals surface area contributed by atoms with Gasteiger partial charge < -0.3 is 20.5 Å². The molecule has 0 spiro atoms. The molecule has 0 aromatic heterocycles. The SMILES string of the molecule is NC(=O)CNC(=O)c1cccc(OCCCOc2ccccc2)c1. The van der Waals surface area contributed by atoms with Crippen LogP contribution in [0.1, 0.15) is 16.8 Å². The predicted molar refractivity (Wildman–Crippen MR) is 90.0 cm³/mol. The number of ether oxygens (including phenoxy) is 2. The number of primary amides is 1. The number of nitrogens with two attached hydrogens (primary N) is 1. The van der Waals surface area contributed by atoms with Crippen molar-refractivity contribution in [2.75, 3.05) is 19.8 Å². The summed E-state index contributed by atoms with van der Waals surface area (Å²) in [5.41, 5.74) is 5.41. The van der Waals surface area contributed by atoms with E-state index in [1.54, 1.807) is 24.3 Å². The van der Waals surface area contributed by atoms with Gasteiger partial charge in [0.2, 0.25) is 5.91 Å². The summed E-state index contributed by atoms with van der Waals surface area (Å²) in [4.78, 5) is 22.5. The normalized spacial score (nSPS) is 10.0. The first-order valence-corrected chi connectivity index (χ1v) is 7.62. The quantitative estimate of drug-likeness (QED) is 0.686. The van der Waals surface area contributed by atoms with Crippen molar-refractivity contribution in [2.45, 2.75) is 6.42 Å². The molecule has 0 saturated carbocycles. The number of hydrogen-bond donors (Lipinski definition) is 2. The lowest BCUT2D eigenvalue weighted by molar-refractivity contribution is -0.117. The molecule has 0 aliphatic rings. The summed E-state index contributed by atoms with van der Waals surface area (Å²) in [6.45, 7) is 0.822. The maximum Gasteiger partial charge on any atom is 0.251 e. The minimum atomic E-state index is -0.589. The van der Waals surface area contributed by atoms with Gasteiger partial charge in [-0.05, 0) is 30.3 Å². The smallest absolute Gasteiger partial charge is 0.251 e. The molecule has 0 aliphatic carbocycles. The Kier molecular flexibility index (Phi) is 6.64. The Hall–Kier alpha value is -3.02. The van der Waals surface area contributed by atoms with Crippen LogP contribution in [0.2, 0.25) is 0 Å². The second-order valence-electron chi connectivity index (χ2n) is 5.04. The largest absolute Gasteiger partial charge is 0.493 e. The Morgan fingerprint density at radius 1 is 0.917 bits per heavy atom. The van der Waals surface area contributed by atoms with Crippen molar-refractivity contribution < 1.29 is 19.1 Å². The van der Waals surface area contributed by atoms with Crippen LogP contribution in [-0.4, -0.2) is 31.6 Å². The lowest BCUT2D eigenvalue weighted by Crippen LogP contribution is -2.33. The summed E-state index contributed by atoms with van der Waals surface area (Å²) in [7, 11) is 0. The van der Waals surface area contributed by atoms with Crippen molar-refractivity contribution in [3.05, 3.63) is 60.2 Å². The van der Waals surface area contributed by atoms with Crippen molar-refractivity contribution >= 4 is 11.8 Å². The number of rotatable bonds is 9. The Morgan fingerprint density at radius 3 is 2.29 bits per heavy atom. The van der Waals surface area contributed by atoms with Gasteiger partial charge in [-0.25, -0.2) is 0 Å². The first kappa shape index (κ1) is 17.3. The van der Waals surface area contributed by atoms with E-state index in [-0.39, 0.29) is 12.5 Å². The summed E-state index contributed by atoms with van der Waals surface area (Å²) in [5, 5.41) is 2.43. The number of amides is 2. The van der Waals surface area contributed by atoms with E-state index in [1.165, 1.54) is 0 Å². The van der Waals surface area contributed by atoms with Crippen LogP contribution >= 0.6 is 0 Å². The fraction of sp³-hybridized carbons (Fsp3) is 0.222. The Balaban J connectivity index is 1.73. The van der Waals surface area contributed by atoms with E-state index in [0.29, 0.717) is 30.9 Å². The van der Waals surface area contributed by atoms with Crippen LogP contribution < -0.4 is 20.5 Å². The molecule has 0 bridgehead atoms. The van der Waals surface area contributed by atoms with Crippen LogP contribution in [0.4, 0.5) is 0 Å². The second kappa shape index (κ2) is 9.19. The predicted octanol–water partition coefficient (Wildman–Crippen LogP) is 1.75. The van der Waals surface area contributed by atoms with E-state index in [2.05, 4.69) is 5.32 Å². The van der Waals surface area contributed by atoms with Crippen molar-refractivity contribution in [3.8, 4) is 11.5 Å². The van der Waals surface area contributed by atoms with E-state index in [0.717, 1.165) is 5.75 Å². The van der Waals surface area contributed by atoms with Gasteiger partial charge in [0.05, 0.1) is 19.8 Å². The van der Waals surface area contributed by atoms with Crippen molar-refractivity contribution in [1.29, 1.82) is 0 Å². The van der Waals surface area contributed by atoms with Gasteiger partial charge in [-0.3, -0.25) is 9.59 Å². The van der Waals surface area contributed by atoms with Gasteiger partial charge in [0.25, 0.3) is 5.91 Å². The molecule has 0 radical (unpaired) electrons. The van der Waals surface area contributed by atoms with Crippen LogP contribution in [0.3, 0.4) is 0 Å². The lowest BCUT2D eigenvalue weighted by Gasteiger charge is -2.09. The van der Waals surface area contributed by atoms with E-state index < -0.39 is 5.91 Å². The number of carbonyl (C=O) groups is 2. The number of carbonyl (C=O) groups excluding carboxylic acids is 2. The van der Waals surface area contributed by atoms with Crippen LogP contribution in [0.25, 0.3) is 0 Å². The van der Waals surface area contributed by atoms with Gasteiger partial charge >= 0.3 is 0 Å². The Labute approximate surface area is 140 Å². The van der Waals surface area contributed by atoms with Gasteiger partial charge in [-0.1, -0.05) is 24.3 Å². The molecule has 0 fully saturated rings. The molecule has 0 aliphatic heterocycles. The van der Waals surface area contributed by atoms with Crippen molar-refractivity contribution in [3.63, 3.8) is 0 Å². The monoisotopic (exact) mass is 328 g/mol. The highest BCUT2D eigenvalue weighted by Crippen LogP contribution is 2.14. The van der Waals surface area contributed by atoms with Crippen LogP contribution in [0, 0.1) is 0 Å². The molecule has 24 heavy (non-hydrogen) atoms. The highest BCUT2D eigenvalue weighted by molar-refractivity contribution is 5.96. The molecule has 6 nitrogen and oxygen atoms in total. The molecule has 3 N–H and O–H groups in total. The average molecular weight is 328 g/mol. The topological polar surface area (TPSA) is 90.7 Å². The number of benzene rings is 2. The summed E-state index contributed by atoms with van der Waals surface area (Å²) >= 11 is 0. The van der Waals surface area contributed by atoms with Gasteiger partial charge in [0, 0.05) is 12.0 Å². The standard InChI is InChI=1S/C18H20N2O4/c19-17(21)13-20-18(22)14-6-4-9-16(12-14)24-11-5-10-23-15-7-2-1-3-8-15/h1-4,6-9,12H,5,10-11,13H2,(H2,19,21)(H,20,22). The summed E-state index contributed by atoms with van der Waals surface area (Å²) < 4.78 is 11.2. The molecule has 0 unspecified atom stereocenters. The Bertz CT molecular complexity index is 674. The molecule has 2 aromatic carbocycles. The van der Waals surface area contributed by atoms with Gasteiger partial charge in [-0.15, -0.1) is 0 Å². The van der Waals surface area contributed by atoms with Crippen LogP contribution in [0.5, 0.6) is 11.5 Å². The molecule has 0 atom stereocenters. The highest BCUT2D eigenvalue weighted by Gasteiger charge is 2.07. The molecular weight excluding hydrogens is 308 g/mol. The van der Waals surface area contributed by atoms with E-state index in [9.17, 15) is 9.59 Å². The minimum absolute atomic E-state index is 0.194. The molecule has 2 aromatic rings. The summed E-state index contributed by atoms with van der Waals surface area (Å²) in [6, 6.07) is 16.3. The third kappa shape index (κ3) is 6.00. The molecule has 2 rings (SSSR count). The molecule has 126 valence electrons. The zero-order chi connectivity index (χ0) is 17.2. The molecule has 2 amide bonds. The van der Waals surface area contributed by atoms with Crippen molar-refractivity contribution in [2.24, 2.45) is 5.73 Å². The maximum atomic E-state index is 11.8. The second-order valence-corrected chi connectivity index (χ2v) is 5.04. The summed E-state index contributed by atoms with van der Waals surface area (Å²) in [6.07, 6.45) is 0.715. The molecular formula is C18H20N2O4. The van der Waals surface area contributed by atoms with Gasteiger partial charge in [0.1, 0.15) is 11.5 Å². The van der Waals surface area contributed by atoms with Crippen molar-refractivity contribution in [1.82, 2.24) is 5.32 Å². The lowest BCUT2D eigenvalue weighted by atomic mass is 10.2. The molecule has 0 saturated heterocycles. The molecule has 0 heterocycles. The number of hydrogen-bond acceptors (Lipinski definition) is 4. The Morgan fingerprint density at radius 2 is 1.58 bits per heavy atom. The van der Waals surface area contributed by atoms with Gasteiger partial charge in [0.15, 0.2) is 0 Å². The van der Waals surface area contributed by atoms with E-state index >= 15 is 0 Å². The van der Waals surface area contributed by atoms with Crippen LogP contribution in [0.15, 0.2) is 54.6 Å². The van der Waals surface area contributed by atoms with E-state index in [4.69, 9.17) is 15.2 Å². The first-order valence-electron chi connectivity index (χ1n) is 7.62. The third-order valence-corrected chi connectivity index (χ3v) is 3.09. The highest BCUT2D eigenvalue weighted by atomic mass is 16.5. The zero-order valence-electron chi connectivity index (χ0n) is 13.2. The molecule has 6 heteroatoms. The fourth-order valence-electron chi connectivity index (χ4n) is 1.95. The maximum absolute atomic E-state index is 11.8. The third-order valence-electron chi connectivity index (χ3n) is 3.09. The summed E-state index contributed by atoms with van der Waals surface area (Å²) in [5.74, 6) is 0.452. The number of nitrogens with one attached hydrogen (secondary N) is 1. The first-order chi connectivity index (χ1) is 11.6. The zero-order valence-corrected chi connectivity index (χ0v) is 13.2. The number of para-hydroxylation sites is 1.